The van der Waals surface area contributed by atoms with Crippen LogP contribution in [0.1, 0.15) is 31.4 Å². The van der Waals surface area contributed by atoms with Gasteiger partial charge in [-0.2, -0.15) is 0 Å². The molecule has 114 valence electrons. The van der Waals surface area contributed by atoms with E-state index in [9.17, 15) is 9.59 Å². The Hall–Kier alpha value is -1.89. The van der Waals surface area contributed by atoms with Gasteiger partial charge in [-0.25, -0.2) is 0 Å². The third kappa shape index (κ3) is 2.92. The molecule has 0 bridgehead atoms. The van der Waals surface area contributed by atoms with E-state index in [1.807, 2.05) is 0 Å². The fourth-order valence-corrected chi connectivity index (χ4v) is 3.07. The lowest BCUT2D eigenvalue weighted by atomic mass is 9.90. The number of nitrogens with zero attached hydrogens (tertiary/aromatic N) is 2. The van der Waals surface area contributed by atoms with E-state index in [1.165, 1.54) is 0 Å². The number of aromatic nitrogens is 1. The van der Waals surface area contributed by atoms with Gasteiger partial charge in [0.2, 0.25) is 0 Å². The van der Waals surface area contributed by atoms with Crippen LogP contribution < -0.4 is 5.32 Å². The van der Waals surface area contributed by atoms with Gasteiger partial charge in [0.25, 0.3) is 0 Å². The summed E-state index contributed by atoms with van der Waals surface area (Å²) in [6, 6.07) is 1.60. The number of carbonyl (C=O) groups excluding carboxylic acids is 2. The molecule has 0 unspecified atom stereocenters. The number of rotatable bonds is 1. The number of fused-ring (bicyclic) bond motifs is 1. The second-order valence-electron chi connectivity index (χ2n) is 5.54. The highest BCUT2D eigenvalue weighted by Gasteiger charge is 2.38. The number of ether oxygens (including phenoxy) is 1. The van der Waals surface area contributed by atoms with E-state index in [1.54, 1.807) is 17.9 Å². The zero-order chi connectivity index (χ0) is 14.8. The first kappa shape index (κ1) is 14.1. The van der Waals surface area contributed by atoms with E-state index in [2.05, 4.69) is 10.5 Å². The standard InChI is InChI=1S/C14H19N3O4/c1-9-8-12(16-21-9)15-13(18)14(19)17-6-7-20-11-5-3-2-4-10(11)17/h8,10-11H,2-7H2,1H3,(H,15,16,18)/t10-,11-/m0/s1. The van der Waals surface area contributed by atoms with E-state index in [0.29, 0.717) is 18.9 Å². The molecule has 1 saturated heterocycles. The lowest BCUT2D eigenvalue weighted by Gasteiger charge is -2.43. The maximum absolute atomic E-state index is 12.4. The Morgan fingerprint density at radius 3 is 2.95 bits per heavy atom. The molecule has 1 aliphatic heterocycles. The van der Waals surface area contributed by atoms with Gasteiger partial charge in [0, 0.05) is 12.6 Å². The monoisotopic (exact) mass is 293 g/mol. The predicted octanol–water partition coefficient (Wildman–Crippen LogP) is 1.09. The Kier molecular flexibility index (Phi) is 3.92. The highest BCUT2D eigenvalue weighted by atomic mass is 16.5. The van der Waals surface area contributed by atoms with Gasteiger partial charge < -0.3 is 14.2 Å². The van der Waals surface area contributed by atoms with Crippen molar-refractivity contribution in [2.75, 3.05) is 18.5 Å². The lowest BCUT2D eigenvalue weighted by Crippen LogP contribution is -2.57. The molecule has 0 aromatic carbocycles. The quantitative estimate of drug-likeness (QED) is 0.784. The molecule has 2 heterocycles. The number of amides is 2. The highest BCUT2D eigenvalue weighted by Crippen LogP contribution is 2.28. The third-order valence-electron chi connectivity index (χ3n) is 4.06. The molecule has 2 aliphatic rings. The summed E-state index contributed by atoms with van der Waals surface area (Å²) in [6.45, 7) is 2.67. The summed E-state index contributed by atoms with van der Waals surface area (Å²) in [6.07, 6.45) is 4.11. The van der Waals surface area contributed by atoms with Gasteiger partial charge in [-0.05, 0) is 19.8 Å². The number of hydrogen-bond acceptors (Lipinski definition) is 5. The molecule has 1 aromatic heterocycles. The van der Waals surface area contributed by atoms with Gasteiger partial charge >= 0.3 is 11.8 Å². The molecule has 1 saturated carbocycles. The predicted molar refractivity (Wildman–Crippen MR) is 73.6 cm³/mol. The number of morpholine rings is 1. The van der Waals surface area contributed by atoms with Crippen LogP contribution in [0.2, 0.25) is 0 Å². The molecular formula is C14H19N3O4. The van der Waals surface area contributed by atoms with Crippen LogP contribution in [0.4, 0.5) is 5.82 Å². The molecule has 2 fully saturated rings. The molecule has 2 atom stereocenters. The second-order valence-corrected chi connectivity index (χ2v) is 5.54. The van der Waals surface area contributed by atoms with Crippen LogP contribution in [-0.2, 0) is 14.3 Å². The van der Waals surface area contributed by atoms with Crippen molar-refractivity contribution in [3.63, 3.8) is 0 Å². The van der Waals surface area contributed by atoms with E-state index >= 15 is 0 Å². The third-order valence-corrected chi connectivity index (χ3v) is 4.06. The van der Waals surface area contributed by atoms with E-state index < -0.39 is 11.8 Å². The normalized spacial score (nSPS) is 25.3. The summed E-state index contributed by atoms with van der Waals surface area (Å²) in [5.41, 5.74) is 0. The first-order valence-electron chi connectivity index (χ1n) is 7.32. The second kappa shape index (κ2) is 5.85. The summed E-state index contributed by atoms with van der Waals surface area (Å²) in [4.78, 5) is 26.1. The van der Waals surface area contributed by atoms with Crippen LogP contribution >= 0.6 is 0 Å². The average molecular weight is 293 g/mol. The fourth-order valence-electron chi connectivity index (χ4n) is 3.07. The Morgan fingerprint density at radius 2 is 2.19 bits per heavy atom. The van der Waals surface area contributed by atoms with Crippen molar-refractivity contribution >= 4 is 17.6 Å². The van der Waals surface area contributed by atoms with Gasteiger partial charge in [0.1, 0.15) is 5.76 Å². The number of carbonyl (C=O) groups is 2. The molecule has 7 nitrogen and oxygen atoms in total. The SMILES string of the molecule is Cc1cc(NC(=O)C(=O)N2CCO[C@H]3CCCC[C@@H]32)no1. The van der Waals surface area contributed by atoms with E-state index in [-0.39, 0.29) is 18.0 Å². The average Bonchev–Trinajstić information content (AvgIpc) is 2.91. The largest absolute Gasteiger partial charge is 0.374 e. The van der Waals surface area contributed by atoms with Gasteiger partial charge in [-0.1, -0.05) is 18.0 Å². The van der Waals surface area contributed by atoms with Crippen LogP contribution in [0.15, 0.2) is 10.6 Å². The number of aryl methyl sites for hydroxylation is 1. The minimum absolute atomic E-state index is 0.0183. The fraction of sp³-hybridized carbons (Fsp3) is 0.643. The van der Waals surface area contributed by atoms with Crippen LogP contribution in [-0.4, -0.2) is 47.2 Å². The minimum atomic E-state index is -0.672. The molecule has 2 amide bonds. The first-order valence-corrected chi connectivity index (χ1v) is 7.32. The molecule has 0 spiro atoms. The lowest BCUT2D eigenvalue weighted by molar-refractivity contribution is -0.156. The van der Waals surface area contributed by atoms with Crippen molar-refractivity contribution in [2.45, 2.75) is 44.8 Å². The number of nitrogens with one attached hydrogen (secondary N) is 1. The molecule has 3 rings (SSSR count). The Morgan fingerprint density at radius 1 is 1.38 bits per heavy atom. The zero-order valence-corrected chi connectivity index (χ0v) is 12.0. The van der Waals surface area contributed by atoms with Crippen LogP contribution in [0, 0.1) is 6.92 Å². The minimum Gasteiger partial charge on any atom is -0.374 e. The molecule has 21 heavy (non-hydrogen) atoms. The number of anilines is 1. The molecule has 1 N–H and O–H groups in total. The summed E-state index contributed by atoms with van der Waals surface area (Å²) < 4.78 is 10.6. The first-order chi connectivity index (χ1) is 10.1. The van der Waals surface area contributed by atoms with E-state index in [0.717, 1.165) is 25.7 Å². The summed E-state index contributed by atoms with van der Waals surface area (Å²) in [5.74, 6) is -0.346. The smallest absolute Gasteiger partial charge is 0.315 e. The Labute approximate surface area is 122 Å². The van der Waals surface area contributed by atoms with Gasteiger partial charge in [0.05, 0.1) is 18.8 Å². The van der Waals surface area contributed by atoms with Gasteiger partial charge in [0.15, 0.2) is 5.82 Å². The maximum atomic E-state index is 12.4. The van der Waals surface area contributed by atoms with Crippen molar-refractivity contribution in [2.24, 2.45) is 0 Å². The molecule has 7 heteroatoms. The summed E-state index contributed by atoms with van der Waals surface area (Å²) >= 11 is 0. The Balaban J connectivity index is 1.67. The van der Waals surface area contributed by atoms with Crippen LogP contribution in [0.25, 0.3) is 0 Å². The van der Waals surface area contributed by atoms with Crippen molar-refractivity contribution in [1.82, 2.24) is 10.1 Å². The van der Waals surface area contributed by atoms with Crippen LogP contribution in [0.3, 0.4) is 0 Å². The van der Waals surface area contributed by atoms with Crippen LogP contribution in [0.5, 0.6) is 0 Å². The van der Waals surface area contributed by atoms with Crippen molar-refractivity contribution in [3.8, 4) is 0 Å². The topological polar surface area (TPSA) is 84.7 Å². The number of hydrogen-bond donors (Lipinski definition) is 1. The molecule has 1 aromatic rings. The molecular weight excluding hydrogens is 274 g/mol. The molecule has 1 aliphatic carbocycles. The summed E-state index contributed by atoms with van der Waals surface area (Å²) in [5, 5.41) is 6.14. The van der Waals surface area contributed by atoms with Crippen molar-refractivity contribution < 1.29 is 18.8 Å². The van der Waals surface area contributed by atoms with E-state index in [4.69, 9.17) is 9.26 Å². The highest BCUT2D eigenvalue weighted by molar-refractivity contribution is 6.39. The maximum Gasteiger partial charge on any atom is 0.315 e. The zero-order valence-electron chi connectivity index (χ0n) is 12.0. The van der Waals surface area contributed by atoms with Crippen molar-refractivity contribution in [1.29, 1.82) is 0 Å². The van der Waals surface area contributed by atoms with Crippen molar-refractivity contribution in [3.05, 3.63) is 11.8 Å². The molecule has 0 radical (unpaired) electrons. The van der Waals surface area contributed by atoms with Gasteiger partial charge in [-0.15, -0.1) is 0 Å². The summed E-state index contributed by atoms with van der Waals surface area (Å²) in [7, 11) is 0. The van der Waals surface area contributed by atoms with Gasteiger partial charge in [-0.3, -0.25) is 14.9 Å². The Bertz CT molecular complexity index is 540.